The number of cyclic esters (lactones) is 1. The first kappa shape index (κ1) is 48.9. The van der Waals surface area contributed by atoms with Gasteiger partial charge in [0.2, 0.25) is 5.91 Å². The monoisotopic (exact) mass is 901 g/mol. The summed E-state index contributed by atoms with van der Waals surface area (Å²) in [6.07, 6.45) is 3.91. The van der Waals surface area contributed by atoms with Crippen LogP contribution in [0.2, 0.25) is 0 Å². The summed E-state index contributed by atoms with van der Waals surface area (Å²) >= 11 is 1.44. The van der Waals surface area contributed by atoms with Crippen LogP contribution in [-0.4, -0.2) is 101 Å². The van der Waals surface area contributed by atoms with Crippen molar-refractivity contribution in [2.24, 2.45) is 11.3 Å². The van der Waals surface area contributed by atoms with Crippen molar-refractivity contribution < 1.29 is 33.4 Å². The van der Waals surface area contributed by atoms with E-state index in [0.29, 0.717) is 63.3 Å². The molecule has 0 unspecified atom stereocenters. The van der Waals surface area contributed by atoms with Gasteiger partial charge in [-0.25, -0.2) is 15.2 Å². The van der Waals surface area contributed by atoms with Crippen LogP contribution >= 0.6 is 51.8 Å². The van der Waals surface area contributed by atoms with E-state index in [9.17, 15) is 19.2 Å². The maximum absolute atomic E-state index is 14.3. The topological polar surface area (TPSA) is 157 Å². The molecule has 4 aromatic rings. The predicted octanol–water partition coefficient (Wildman–Crippen LogP) is 6.02. The second-order valence-electron chi connectivity index (χ2n) is 16.0. The molecule has 7 rings (SSSR count). The summed E-state index contributed by atoms with van der Waals surface area (Å²) in [5.41, 5.74) is 9.45. The SMILES string of the molecule is CCn1c(-c2cccnc2[C@H](C)OC)c2c3cc(ccc31)-c1csc(n1)C[C@H](NC(=O)C1CCN(C(=O)OC)CC1)C(=O)N1CCC[C@H](N1)C(=O)OCC(C)(C)C2.S.S.S. The molecule has 14 nitrogen and oxygen atoms in total. The molecule has 2 saturated heterocycles. The smallest absolute Gasteiger partial charge is 0.409 e. The number of carbonyl (C=O) groups is 4. The van der Waals surface area contributed by atoms with Crippen molar-refractivity contribution in [3.05, 3.63) is 58.2 Å². The number of aryl methyl sites for hydroxylation is 1. The fourth-order valence-electron chi connectivity index (χ4n) is 8.31. The highest BCUT2D eigenvalue weighted by Crippen LogP contribution is 2.42. The number of methoxy groups -OCH3 is 2. The molecule has 6 bridgehead atoms. The van der Waals surface area contributed by atoms with Crippen LogP contribution in [-0.2, 0) is 48.0 Å². The number of rotatable bonds is 6. The number of hydrogen-bond donors (Lipinski definition) is 2. The van der Waals surface area contributed by atoms with E-state index in [1.807, 2.05) is 18.4 Å². The van der Waals surface area contributed by atoms with Crippen molar-refractivity contribution in [2.75, 3.05) is 40.5 Å². The number of esters is 1. The normalized spacial score (nSPS) is 20.1. The van der Waals surface area contributed by atoms with E-state index >= 15 is 0 Å². The van der Waals surface area contributed by atoms with Crippen LogP contribution in [0.5, 0.6) is 0 Å². The summed E-state index contributed by atoms with van der Waals surface area (Å²) in [5.74, 6) is -1.40. The van der Waals surface area contributed by atoms with Gasteiger partial charge in [-0.1, -0.05) is 19.9 Å². The molecule has 3 aliphatic heterocycles. The van der Waals surface area contributed by atoms with Crippen molar-refractivity contribution in [3.63, 3.8) is 0 Å². The van der Waals surface area contributed by atoms with Gasteiger partial charge in [0.05, 0.1) is 41.9 Å². The quantitative estimate of drug-likeness (QED) is 0.220. The minimum Gasteiger partial charge on any atom is -0.464 e. The maximum Gasteiger partial charge on any atom is 0.409 e. The van der Waals surface area contributed by atoms with Gasteiger partial charge < -0.3 is 29.0 Å². The molecule has 328 valence electrons. The average molecular weight is 902 g/mol. The molecule has 3 aliphatic rings. The van der Waals surface area contributed by atoms with Crippen molar-refractivity contribution >= 4 is 86.6 Å². The number of ether oxygens (including phenoxy) is 3. The lowest BCUT2D eigenvalue weighted by Gasteiger charge is -2.36. The van der Waals surface area contributed by atoms with Crippen LogP contribution < -0.4 is 10.7 Å². The Morgan fingerprint density at radius 2 is 1.83 bits per heavy atom. The highest BCUT2D eigenvalue weighted by Gasteiger charge is 2.37. The van der Waals surface area contributed by atoms with Crippen molar-refractivity contribution in [2.45, 2.75) is 91.0 Å². The lowest BCUT2D eigenvalue weighted by molar-refractivity contribution is -0.155. The Labute approximate surface area is 376 Å². The summed E-state index contributed by atoms with van der Waals surface area (Å²) in [5, 5.41) is 8.26. The Bertz CT molecular complexity index is 2150. The Kier molecular flexibility index (Phi) is 17.0. The lowest BCUT2D eigenvalue weighted by Crippen LogP contribution is -2.61. The second-order valence-corrected chi connectivity index (χ2v) is 16.9. The Balaban J connectivity index is 0.00000265. The van der Waals surface area contributed by atoms with Gasteiger partial charge in [0, 0.05) is 84.6 Å². The van der Waals surface area contributed by atoms with Crippen LogP contribution in [0.1, 0.15) is 75.7 Å². The summed E-state index contributed by atoms with van der Waals surface area (Å²) < 4.78 is 19.0. The van der Waals surface area contributed by atoms with Crippen molar-refractivity contribution in [3.8, 4) is 22.5 Å². The lowest BCUT2D eigenvalue weighted by atomic mass is 9.84. The van der Waals surface area contributed by atoms with Gasteiger partial charge in [0.15, 0.2) is 0 Å². The third-order valence-electron chi connectivity index (χ3n) is 11.5. The van der Waals surface area contributed by atoms with Gasteiger partial charge in [-0.3, -0.25) is 24.4 Å². The summed E-state index contributed by atoms with van der Waals surface area (Å²) in [6, 6.07) is 8.80. The standard InChI is InChI=1S/C42H53N7O7S.3H2S/c1-7-48-34-13-12-27-20-29(34)30(37(48)28-10-8-16-43-36(28)25(2)54-5)22-42(3,4)24-56-40(52)31-11-9-17-49(46-31)39(51)32(21-35-44-33(27)23-57-35)45-38(50)26-14-18-47(19-15-26)41(53)55-6;;;/h8,10,12-13,16,20,23,25-26,31-32,46H,7,9,11,14-15,17-19,21-22,24H2,1-6H3,(H,45,50);3*1H2/t25-,31-,32-;;;/m0.../s1. The number of fused-ring (bicyclic) bond motifs is 6. The van der Waals surface area contributed by atoms with Crippen LogP contribution in [0.4, 0.5) is 4.79 Å². The second kappa shape index (κ2) is 20.8. The number of nitrogens with zero attached hydrogens (tertiary/aromatic N) is 5. The van der Waals surface area contributed by atoms with Gasteiger partial charge in [0.25, 0.3) is 5.91 Å². The number of pyridine rings is 1. The van der Waals surface area contributed by atoms with Gasteiger partial charge in [0.1, 0.15) is 12.1 Å². The molecule has 0 radical (unpaired) electrons. The zero-order chi connectivity index (χ0) is 40.4. The van der Waals surface area contributed by atoms with E-state index in [-0.39, 0.29) is 77.4 Å². The molecule has 3 aromatic heterocycles. The number of piperidine rings is 1. The molecule has 1 aromatic carbocycles. The van der Waals surface area contributed by atoms with E-state index in [1.165, 1.54) is 23.5 Å². The minimum atomic E-state index is -0.936. The highest BCUT2D eigenvalue weighted by molar-refractivity contribution is 7.59. The number of hydrazine groups is 1. The first-order valence-corrected chi connectivity index (χ1v) is 20.7. The van der Waals surface area contributed by atoms with Crippen molar-refractivity contribution in [1.82, 2.24) is 35.2 Å². The van der Waals surface area contributed by atoms with Crippen LogP contribution in [0.3, 0.4) is 0 Å². The molecule has 3 atom stereocenters. The predicted molar refractivity (Wildman–Crippen MR) is 247 cm³/mol. The number of likely N-dealkylation sites (tertiary alicyclic amines) is 1. The Morgan fingerprint density at radius 1 is 1.08 bits per heavy atom. The Morgan fingerprint density at radius 3 is 2.53 bits per heavy atom. The van der Waals surface area contributed by atoms with Crippen LogP contribution in [0.15, 0.2) is 41.9 Å². The number of carbonyl (C=O) groups excluding carboxylic acids is 4. The van der Waals surface area contributed by atoms with Gasteiger partial charge in [-0.05, 0) is 75.8 Å². The average Bonchev–Trinajstić information content (AvgIpc) is 3.83. The third-order valence-corrected chi connectivity index (χ3v) is 12.3. The summed E-state index contributed by atoms with van der Waals surface area (Å²) in [4.78, 5) is 65.2. The molecular formula is C42H59N7O7S4. The number of amides is 3. The van der Waals surface area contributed by atoms with E-state index in [0.717, 1.165) is 44.7 Å². The zero-order valence-corrected chi connectivity index (χ0v) is 38.9. The van der Waals surface area contributed by atoms with E-state index in [2.05, 4.69) is 60.3 Å². The largest absolute Gasteiger partial charge is 0.464 e. The molecule has 0 spiro atoms. The van der Waals surface area contributed by atoms with E-state index in [4.69, 9.17) is 24.2 Å². The number of thiazole rings is 1. The highest BCUT2D eigenvalue weighted by atomic mass is 32.1. The molecule has 18 heteroatoms. The molecule has 6 heterocycles. The summed E-state index contributed by atoms with van der Waals surface area (Å²) in [7, 11) is 3.03. The Hall–Kier alpha value is -3.81. The zero-order valence-electron chi connectivity index (χ0n) is 35.1. The molecule has 2 fully saturated rings. The number of nitrogens with one attached hydrogen (secondary N) is 2. The molecule has 0 aliphatic carbocycles. The number of benzene rings is 1. The van der Waals surface area contributed by atoms with Gasteiger partial charge in [-0.2, -0.15) is 40.5 Å². The fraction of sp³-hybridized carbons (Fsp3) is 0.524. The van der Waals surface area contributed by atoms with Crippen LogP contribution in [0.25, 0.3) is 33.4 Å². The summed E-state index contributed by atoms with van der Waals surface area (Å²) in [6.45, 7) is 10.4. The molecular weight excluding hydrogens is 843 g/mol. The van der Waals surface area contributed by atoms with E-state index < -0.39 is 29.6 Å². The van der Waals surface area contributed by atoms with Crippen LogP contribution in [0, 0.1) is 11.3 Å². The minimum absolute atomic E-state index is 0. The van der Waals surface area contributed by atoms with E-state index in [1.54, 1.807) is 18.2 Å². The third kappa shape index (κ3) is 10.3. The molecule has 2 N–H and O–H groups in total. The molecule has 3 amide bonds. The molecule has 60 heavy (non-hydrogen) atoms. The van der Waals surface area contributed by atoms with Gasteiger partial charge in [-0.15, -0.1) is 11.3 Å². The number of aromatic nitrogens is 3. The fourth-order valence-corrected chi connectivity index (χ4v) is 9.16. The first-order valence-electron chi connectivity index (χ1n) is 19.9. The maximum atomic E-state index is 14.3. The van der Waals surface area contributed by atoms with Gasteiger partial charge >= 0.3 is 12.1 Å². The van der Waals surface area contributed by atoms with Crippen molar-refractivity contribution in [1.29, 1.82) is 0 Å². The first-order chi connectivity index (χ1) is 27.4. The number of hydrogen-bond acceptors (Lipinski definition) is 11. The molecule has 0 saturated carbocycles.